The van der Waals surface area contributed by atoms with Crippen LogP contribution in [0.4, 0.5) is 5.69 Å². The van der Waals surface area contributed by atoms with E-state index in [1.807, 2.05) is 31.2 Å². The number of hydrogen-bond donors (Lipinski definition) is 2. The van der Waals surface area contributed by atoms with Crippen molar-refractivity contribution in [2.45, 2.75) is 27.7 Å². The van der Waals surface area contributed by atoms with Crippen LogP contribution in [-0.4, -0.2) is 16.7 Å². The summed E-state index contributed by atoms with van der Waals surface area (Å²) in [5, 5.41) is 2.86. The highest BCUT2D eigenvalue weighted by atomic mass is 16.1. The van der Waals surface area contributed by atoms with Crippen molar-refractivity contribution < 1.29 is 9.59 Å². The minimum atomic E-state index is -0.200. The fourth-order valence-electron chi connectivity index (χ4n) is 2.36. The molecule has 1 amide bonds. The molecule has 0 aliphatic heterocycles. The third-order valence-corrected chi connectivity index (χ3v) is 3.29. The fraction of sp³-hybridized carbons (Fsp3) is 0.250. The Bertz CT molecular complexity index is 684. The smallest absolute Gasteiger partial charge is 0.257 e. The van der Waals surface area contributed by atoms with Gasteiger partial charge < -0.3 is 10.3 Å². The summed E-state index contributed by atoms with van der Waals surface area (Å²) in [6, 6.07) is 7.61. The average molecular weight is 270 g/mol. The van der Waals surface area contributed by atoms with Crippen molar-refractivity contribution in [2.75, 3.05) is 5.32 Å². The number of nitrogens with one attached hydrogen (secondary N) is 2. The SMILES string of the molecule is CC(=O)c1[nH]c(C)c(C(=O)Nc2cccc(C)c2)c1C. The summed E-state index contributed by atoms with van der Waals surface area (Å²) in [4.78, 5) is 26.8. The van der Waals surface area contributed by atoms with Gasteiger partial charge in [-0.2, -0.15) is 0 Å². The Morgan fingerprint density at radius 1 is 1.15 bits per heavy atom. The van der Waals surface area contributed by atoms with Gasteiger partial charge in [-0.25, -0.2) is 0 Å². The lowest BCUT2D eigenvalue weighted by Crippen LogP contribution is -2.13. The number of carbonyl (C=O) groups is 2. The van der Waals surface area contributed by atoms with Gasteiger partial charge in [0.25, 0.3) is 5.91 Å². The van der Waals surface area contributed by atoms with Crippen LogP contribution in [-0.2, 0) is 0 Å². The number of aromatic nitrogens is 1. The van der Waals surface area contributed by atoms with Gasteiger partial charge in [0.15, 0.2) is 5.78 Å². The highest BCUT2D eigenvalue weighted by molar-refractivity contribution is 6.08. The molecule has 0 aliphatic rings. The Balaban J connectivity index is 2.32. The molecule has 0 fully saturated rings. The normalized spacial score (nSPS) is 10.4. The summed E-state index contributed by atoms with van der Waals surface area (Å²) in [6.45, 7) is 7.03. The molecule has 1 heterocycles. The third kappa shape index (κ3) is 2.64. The number of carbonyl (C=O) groups excluding carboxylic acids is 2. The third-order valence-electron chi connectivity index (χ3n) is 3.29. The van der Waals surface area contributed by atoms with Crippen LogP contribution in [0.5, 0.6) is 0 Å². The molecule has 0 atom stereocenters. The molecule has 2 aromatic rings. The summed E-state index contributed by atoms with van der Waals surface area (Å²) < 4.78 is 0. The molecule has 0 aliphatic carbocycles. The molecule has 2 N–H and O–H groups in total. The van der Waals surface area contributed by atoms with E-state index in [-0.39, 0.29) is 11.7 Å². The lowest BCUT2D eigenvalue weighted by atomic mass is 10.1. The number of hydrogen-bond acceptors (Lipinski definition) is 2. The zero-order valence-corrected chi connectivity index (χ0v) is 12.1. The van der Waals surface area contributed by atoms with Gasteiger partial charge >= 0.3 is 0 Å². The molecule has 0 bridgehead atoms. The van der Waals surface area contributed by atoms with E-state index in [0.717, 1.165) is 11.3 Å². The molecule has 0 spiro atoms. The fourth-order valence-corrected chi connectivity index (χ4v) is 2.36. The topological polar surface area (TPSA) is 62.0 Å². The van der Waals surface area contributed by atoms with Crippen LogP contribution in [0.25, 0.3) is 0 Å². The van der Waals surface area contributed by atoms with Crippen LogP contribution < -0.4 is 5.32 Å². The summed E-state index contributed by atoms with van der Waals surface area (Å²) in [5.74, 6) is -0.269. The molecule has 0 saturated carbocycles. The maximum atomic E-state index is 12.4. The summed E-state index contributed by atoms with van der Waals surface area (Å²) in [5.41, 5.74) is 4.26. The minimum Gasteiger partial charge on any atom is -0.355 e. The van der Waals surface area contributed by atoms with E-state index in [0.29, 0.717) is 22.5 Å². The molecule has 2 rings (SSSR count). The number of rotatable bonds is 3. The van der Waals surface area contributed by atoms with E-state index in [4.69, 9.17) is 0 Å². The first-order valence-electron chi connectivity index (χ1n) is 6.48. The lowest BCUT2D eigenvalue weighted by Gasteiger charge is -2.06. The highest BCUT2D eigenvalue weighted by Gasteiger charge is 2.20. The zero-order chi connectivity index (χ0) is 14.9. The van der Waals surface area contributed by atoms with E-state index in [2.05, 4.69) is 10.3 Å². The number of aromatic amines is 1. The van der Waals surface area contributed by atoms with E-state index in [1.165, 1.54) is 6.92 Å². The molecule has 104 valence electrons. The van der Waals surface area contributed by atoms with Gasteiger partial charge in [0.1, 0.15) is 0 Å². The van der Waals surface area contributed by atoms with Crippen molar-refractivity contribution in [3.05, 3.63) is 52.3 Å². The minimum absolute atomic E-state index is 0.0693. The molecule has 4 heteroatoms. The summed E-state index contributed by atoms with van der Waals surface area (Å²) in [6.07, 6.45) is 0. The van der Waals surface area contributed by atoms with Crippen LogP contribution in [0, 0.1) is 20.8 Å². The van der Waals surface area contributed by atoms with E-state index < -0.39 is 0 Å². The number of anilines is 1. The van der Waals surface area contributed by atoms with E-state index in [9.17, 15) is 9.59 Å². The summed E-state index contributed by atoms with van der Waals surface area (Å²) >= 11 is 0. The Labute approximate surface area is 118 Å². The van der Waals surface area contributed by atoms with E-state index >= 15 is 0 Å². The highest BCUT2D eigenvalue weighted by Crippen LogP contribution is 2.20. The van der Waals surface area contributed by atoms with Crippen molar-refractivity contribution in [2.24, 2.45) is 0 Å². The maximum Gasteiger partial charge on any atom is 0.257 e. The second-order valence-electron chi connectivity index (χ2n) is 5.00. The number of aryl methyl sites for hydroxylation is 2. The molecule has 4 nitrogen and oxygen atoms in total. The van der Waals surface area contributed by atoms with Crippen molar-refractivity contribution in [1.29, 1.82) is 0 Å². The van der Waals surface area contributed by atoms with Crippen molar-refractivity contribution in [3.63, 3.8) is 0 Å². The second-order valence-corrected chi connectivity index (χ2v) is 5.00. The van der Waals surface area contributed by atoms with Gasteiger partial charge in [0.05, 0.1) is 11.3 Å². The molecule has 0 saturated heterocycles. The number of Topliss-reactive ketones (excluding diaryl/α,β-unsaturated/α-hetero) is 1. The monoisotopic (exact) mass is 270 g/mol. The van der Waals surface area contributed by atoms with Crippen molar-refractivity contribution in [1.82, 2.24) is 4.98 Å². The largest absolute Gasteiger partial charge is 0.355 e. The maximum absolute atomic E-state index is 12.4. The standard InChI is InChI=1S/C16H18N2O2/c1-9-6-5-7-13(8-9)18-16(20)14-10(2)15(12(4)19)17-11(14)3/h5-8,17H,1-4H3,(H,18,20). The van der Waals surface area contributed by atoms with Gasteiger partial charge in [-0.15, -0.1) is 0 Å². The van der Waals surface area contributed by atoms with E-state index in [1.54, 1.807) is 13.8 Å². The number of ketones is 1. The van der Waals surface area contributed by atoms with Gasteiger partial charge in [0, 0.05) is 18.3 Å². The predicted octanol–water partition coefficient (Wildman–Crippen LogP) is 3.39. The number of benzene rings is 1. The molecule has 0 unspecified atom stereocenters. The first kappa shape index (κ1) is 14.1. The Kier molecular flexibility index (Phi) is 3.74. The Hall–Kier alpha value is -2.36. The number of amides is 1. The first-order chi connectivity index (χ1) is 9.40. The Morgan fingerprint density at radius 2 is 1.85 bits per heavy atom. The van der Waals surface area contributed by atoms with Gasteiger partial charge in [-0.05, 0) is 44.0 Å². The average Bonchev–Trinajstić information content (AvgIpc) is 2.65. The second kappa shape index (κ2) is 5.33. The van der Waals surface area contributed by atoms with Crippen LogP contribution >= 0.6 is 0 Å². The van der Waals surface area contributed by atoms with Crippen LogP contribution in [0.1, 0.15) is 44.6 Å². The van der Waals surface area contributed by atoms with Crippen LogP contribution in [0.2, 0.25) is 0 Å². The van der Waals surface area contributed by atoms with Crippen molar-refractivity contribution >= 4 is 17.4 Å². The quantitative estimate of drug-likeness (QED) is 0.840. The van der Waals surface area contributed by atoms with Crippen molar-refractivity contribution in [3.8, 4) is 0 Å². The lowest BCUT2D eigenvalue weighted by molar-refractivity contribution is 0.101. The molecule has 0 radical (unpaired) electrons. The molecule has 1 aromatic carbocycles. The van der Waals surface area contributed by atoms with Gasteiger partial charge in [-0.3, -0.25) is 9.59 Å². The first-order valence-corrected chi connectivity index (χ1v) is 6.48. The predicted molar refractivity (Wildman–Crippen MR) is 79.4 cm³/mol. The molecular weight excluding hydrogens is 252 g/mol. The molecular formula is C16H18N2O2. The van der Waals surface area contributed by atoms with Gasteiger partial charge in [-0.1, -0.05) is 12.1 Å². The number of H-pyrrole nitrogens is 1. The Morgan fingerprint density at radius 3 is 2.40 bits per heavy atom. The zero-order valence-electron chi connectivity index (χ0n) is 12.1. The van der Waals surface area contributed by atoms with Crippen LogP contribution in [0.3, 0.4) is 0 Å². The van der Waals surface area contributed by atoms with Crippen LogP contribution in [0.15, 0.2) is 24.3 Å². The molecule has 1 aromatic heterocycles. The van der Waals surface area contributed by atoms with Gasteiger partial charge in [0.2, 0.25) is 0 Å². The molecule has 20 heavy (non-hydrogen) atoms. The summed E-state index contributed by atoms with van der Waals surface area (Å²) in [7, 11) is 0.